The van der Waals surface area contributed by atoms with E-state index in [1.807, 2.05) is 25.2 Å². The normalized spacial score (nSPS) is 12.0. The highest BCUT2D eigenvalue weighted by Gasteiger charge is 2.11. The van der Waals surface area contributed by atoms with E-state index in [-0.39, 0.29) is 36.4 Å². The van der Waals surface area contributed by atoms with Crippen molar-refractivity contribution in [3.05, 3.63) is 52.5 Å². The minimum Gasteiger partial charge on any atom is -0.356 e. The van der Waals surface area contributed by atoms with Gasteiger partial charge in [0.1, 0.15) is 0 Å². The average molecular weight is 515 g/mol. The summed E-state index contributed by atoms with van der Waals surface area (Å²) in [5.74, 6) is 1.17. The number of carbonyl (C=O) groups excluding carboxylic acids is 1. The molecule has 1 unspecified atom stereocenters. The number of amides is 1. The lowest BCUT2D eigenvalue weighted by atomic mass is 10.1. The smallest absolute Gasteiger partial charge is 0.241 e. The summed E-state index contributed by atoms with van der Waals surface area (Å²) in [6.45, 7) is 3.87. The second-order valence-corrected chi connectivity index (χ2v) is 7.61. The fourth-order valence-corrected chi connectivity index (χ4v) is 3.45. The number of halogens is 1. The van der Waals surface area contributed by atoms with Crippen molar-refractivity contribution >= 4 is 47.2 Å². The average Bonchev–Trinajstić information content (AvgIpc) is 3.19. The third-order valence-electron chi connectivity index (χ3n) is 4.23. The number of aromatic nitrogens is 1. The number of aliphatic imine (C=N–C) groups is 1. The summed E-state index contributed by atoms with van der Waals surface area (Å²) in [5, 5.41) is 8.50. The Morgan fingerprint density at radius 1 is 1.29 bits per heavy atom. The van der Waals surface area contributed by atoms with Gasteiger partial charge in [-0.05, 0) is 35.9 Å². The zero-order chi connectivity index (χ0) is 19.5. The molecule has 1 atom stereocenters. The Balaban J connectivity index is 0.00000392. The van der Waals surface area contributed by atoms with Crippen LogP contribution in [0.1, 0.15) is 17.5 Å². The van der Waals surface area contributed by atoms with Crippen molar-refractivity contribution in [3.8, 4) is 0 Å². The molecule has 2 N–H and O–H groups in total. The van der Waals surface area contributed by atoms with Crippen molar-refractivity contribution in [1.82, 2.24) is 20.5 Å². The van der Waals surface area contributed by atoms with Crippen molar-refractivity contribution < 1.29 is 4.79 Å². The molecule has 0 saturated heterocycles. The van der Waals surface area contributed by atoms with Gasteiger partial charge >= 0.3 is 0 Å². The first-order chi connectivity index (χ1) is 13.1. The highest BCUT2D eigenvalue weighted by molar-refractivity contribution is 14.0. The highest BCUT2D eigenvalue weighted by Crippen LogP contribution is 2.13. The predicted molar refractivity (Wildman–Crippen MR) is 128 cm³/mol. The third-order valence-corrected chi connectivity index (χ3v) is 5.13. The molecule has 0 radical (unpaired) electrons. The van der Waals surface area contributed by atoms with E-state index in [0.29, 0.717) is 18.4 Å². The Labute approximate surface area is 188 Å². The quantitative estimate of drug-likeness (QED) is 0.306. The monoisotopic (exact) mass is 515 g/mol. The van der Waals surface area contributed by atoms with E-state index in [1.54, 1.807) is 29.5 Å². The molecule has 0 saturated carbocycles. The maximum Gasteiger partial charge on any atom is 0.241 e. The van der Waals surface area contributed by atoms with Gasteiger partial charge in [-0.2, -0.15) is 0 Å². The van der Waals surface area contributed by atoms with Gasteiger partial charge in [0, 0.05) is 50.4 Å². The van der Waals surface area contributed by atoms with Gasteiger partial charge < -0.3 is 15.5 Å². The summed E-state index contributed by atoms with van der Waals surface area (Å²) in [4.78, 5) is 23.9. The molecule has 2 heterocycles. The summed E-state index contributed by atoms with van der Waals surface area (Å²) >= 11 is 1.78. The number of rotatable bonds is 9. The molecule has 0 fully saturated rings. The number of guanidine groups is 1. The third kappa shape index (κ3) is 9.01. The number of nitrogens with zero attached hydrogens (tertiary/aromatic N) is 3. The molecule has 0 spiro atoms. The maximum atomic E-state index is 12.3. The standard InChI is InChI=1S/C20H29N5OS.HI/c1-16(13-18-8-6-12-27-18)14-23-20(21-2)24-15-19(26)25(3)11-9-17-7-4-5-10-22-17;/h4-8,10,12,16H,9,11,13-15H2,1-3H3,(H2,21,23,24);1H. The summed E-state index contributed by atoms with van der Waals surface area (Å²) in [6, 6.07) is 10.1. The second kappa shape index (κ2) is 13.5. The zero-order valence-electron chi connectivity index (χ0n) is 16.7. The fraction of sp³-hybridized carbons (Fsp3) is 0.450. The van der Waals surface area contributed by atoms with E-state index >= 15 is 0 Å². The number of carbonyl (C=O) groups is 1. The maximum absolute atomic E-state index is 12.3. The molecule has 0 aromatic carbocycles. The second-order valence-electron chi connectivity index (χ2n) is 6.58. The van der Waals surface area contributed by atoms with Crippen LogP contribution in [0.25, 0.3) is 0 Å². The van der Waals surface area contributed by atoms with E-state index in [9.17, 15) is 4.79 Å². The molecule has 8 heteroatoms. The van der Waals surface area contributed by atoms with Gasteiger partial charge in [-0.25, -0.2) is 0 Å². The van der Waals surface area contributed by atoms with Crippen LogP contribution in [0.5, 0.6) is 0 Å². The molecular formula is C20H30IN5OS. The van der Waals surface area contributed by atoms with Crippen molar-refractivity contribution in [2.24, 2.45) is 10.9 Å². The molecule has 0 aliphatic rings. The van der Waals surface area contributed by atoms with E-state index in [4.69, 9.17) is 0 Å². The molecule has 6 nitrogen and oxygen atoms in total. The number of likely N-dealkylation sites (N-methyl/N-ethyl adjacent to an activating group) is 1. The Morgan fingerprint density at radius 2 is 2.11 bits per heavy atom. The van der Waals surface area contributed by atoms with Crippen LogP contribution in [-0.2, 0) is 17.6 Å². The first kappa shape index (κ1) is 24.4. The minimum absolute atomic E-state index is 0. The van der Waals surface area contributed by atoms with E-state index in [0.717, 1.165) is 25.1 Å². The summed E-state index contributed by atoms with van der Waals surface area (Å²) in [7, 11) is 3.53. The first-order valence-electron chi connectivity index (χ1n) is 9.19. The number of hydrogen-bond donors (Lipinski definition) is 2. The molecular weight excluding hydrogens is 485 g/mol. The first-order valence-corrected chi connectivity index (χ1v) is 10.1. The lowest BCUT2D eigenvalue weighted by molar-refractivity contribution is -0.128. The van der Waals surface area contributed by atoms with E-state index < -0.39 is 0 Å². The van der Waals surface area contributed by atoms with Gasteiger partial charge in [0.05, 0.1) is 6.54 Å². The van der Waals surface area contributed by atoms with Gasteiger partial charge in [-0.3, -0.25) is 14.8 Å². The number of hydrogen-bond acceptors (Lipinski definition) is 4. The molecule has 0 bridgehead atoms. The Bertz CT molecular complexity index is 709. The van der Waals surface area contributed by atoms with Crippen LogP contribution < -0.4 is 10.6 Å². The predicted octanol–water partition coefficient (Wildman–Crippen LogP) is 2.81. The molecule has 154 valence electrons. The van der Waals surface area contributed by atoms with E-state index in [2.05, 4.69) is 45.0 Å². The van der Waals surface area contributed by atoms with Crippen LogP contribution >= 0.6 is 35.3 Å². The van der Waals surface area contributed by atoms with Gasteiger partial charge in [-0.15, -0.1) is 35.3 Å². The minimum atomic E-state index is 0. The van der Waals surface area contributed by atoms with Gasteiger partial charge in [0.25, 0.3) is 0 Å². The lowest BCUT2D eigenvalue weighted by Crippen LogP contribution is -2.45. The van der Waals surface area contributed by atoms with E-state index in [1.165, 1.54) is 4.88 Å². The highest BCUT2D eigenvalue weighted by atomic mass is 127. The van der Waals surface area contributed by atoms with Crippen LogP contribution in [0.4, 0.5) is 0 Å². The Kier molecular flexibility index (Phi) is 11.7. The Hall–Kier alpha value is -1.68. The number of nitrogens with one attached hydrogen (secondary N) is 2. The van der Waals surface area contributed by atoms with Gasteiger partial charge in [-0.1, -0.05) is 19.1 Å². The van der Waals surface area contributed by atoms with Crippen LogP contribution in [0.15, 0.2) is 46.9 Å². The van der Waals surface area contributed by atoms with Crippen LogP contribution in [0.2, 0.25) is 0 Å². The summed E-state index contributed by atoms with van der Waals surface area (Å²) in [5.41, 5.74) is 0.988. The molecule has 1 amide bonds. The Morgan fingerprint density at radius 3 is 2.75 bits per heavy atom. The molecule has 2 aromatic rings. The zero-order valence-corrected chi connectivity index (χ0v) is 19.9. The molecule has 2 aromatic heterocycles. The van der Waals surface area contributed by atoms with Crippen LogP contribution in [-0.4, -0.2) is 55.5 Å². The topological polar surface area (TPSA) is 69.6 Å². The molecule has 2 rings (SSSR count). The van der Waals surface area contributed by atoms with Gasteiger partial charge in [0.15, 0.2) is 5.96 Å². The van der Waals surface area contributed by atoms with Crippen molar-refractivity contribution in [1.29, 1.82) is 0 Å². The van der Waals surface area contributed by atoms with Crippen molar-refractivity contribution in [2.75, 3.05) is 33.7 Å². The number of pyridine rings is 1. The van der Waals surface area contributed by atoms with Crippen LogP contribution in [0.3, 0.4) is 0 Å². The molecule has 0 aliphatic carbocycles. The fourth-order valence-electron chi connectivity index (χ4n) is 2.58. The van der Waals surface area contributed by atoms with Crippen molar-refractivity contribution in [2.45, 2.75) is 19.8 Å². The van der Waals surface area contributed by atoms with Gasteiger partial charge in [0.2, 0.25) is 5.91 Å². The lowest BCUT2D eigenvalue weighted by Gasteiger charge is -2.19. The van der Waals surface area contributed by atoms with Crippen LogP contribution in [0, 0.1) is 5.92 Å². The largest absolute Gasteiger partial charge is 0.356 e. The van der Waals surface area contributed by atoms with Crippen molar-refractivity contribution in [3.63, 3.8) is 0 Å². The number of thiophene rings is 1. The summed E-state index contributed by atoms with van der Waals surface area (Å²) in [6.07, 6.45) is 3.56. The SMILES string of the molecule is CN=C(NCC(=O)N(C)CCc1ccccn1)NCC(C)Cc1cccs1.I. The summed E-state index contributed by atoms with van der Waals surface area (Å²) < 4.78 is 0. The molecule has 0 aliphatic heterocycles. The molecule has 28 heavy (non-hydrogen) atoms.